The molecule has 51 heavy (non-hydrogen) atoms. The van der Waals surface area contributed by atoms with E-state index in [4.69, 9.17) is 4.74 Å². The summed E-state index contributed by atoms with van der Waals surface area (Å²) in [6, 6.07) is 10.9. The lowest BCUT2D eigenvalue weighted by atomic mass is 9.72. The van der Waals surface area contributed by atoms with Gasteiger partial charge >= 0.3 is 0 Å². The number of rotatable bonds is 13. The average molecular weight is 726 g/mol. The van der Waals surface area contributed by atoms with E-state index >= 15 is 0 Å². The molecular formula is C38H55N5O7S. The fourth-order valence-corrected chi connectivity index (χ4v) is 8.43. The van der Waals surface area contributed by atoms with Crippen molar-refractivity contribution in [3.8, 4) is 5.75 Å². The highest BCUT2D eigenvalue weighted by atomic mass is 32.2. The molecule has 1 aromatic heterocycles. The second-order valence-corrected chi connectivity index (χ2v) is 18.9. The Morgan fingerprint density at radius 3 is 2.35 bits per heavy atom. The summed E-state index contributed by atoms with van der Waals surface area (Å²) in [5.41, 5.74) is -0.683. The van der Waals surface area contributed by atoms with Crippen LogP contribution >= 0.6 is 0 Å². The highest BCUT2D eigenvalue weighted by Crippen LogP contribution is 2.54. The number of amides is 3. The summed E-state index contributed by atoms with van der Waals surface area (Å²) in [4.78, 5) is 47.3. The van der Waals surface area contributed by atoms with Crippen molar-refractivity contribution >= 4 is 27.6 Å². The summed E-state index contributed by atoms with van der Waals surface area (Å²) in [5, 5.41) is 21.0. The maximum atomic E-state index is 14.4. The minimum atomic E-state index is -3.89. The zero-order valence-corrected chi connectivity index (χ0v) is 31.5. The first-order valence-electron chi connectivity index (χ1n) is 18.0. The lowest BCUT2D eigenvalue weighted by Crippen LogP contribution is -2.65. The third kappa shape index (κ3) is 9.10. The number of hydrogen-bond acceptors (Lipinski definition) is 9. The molecule has 2 heterocycles. The Morgan fingerprint density at radius 2 is 1.73 bits per heavy atom. The molecule has 1 aromatic carbocycles. The van der Waals surface area contributed by atoms with Crippen molar-refractivity contribution < 1.29 is 32.6 Å². The third-order valence-electron chi connectivity index (χ3n) is 11.1. The number of β-amino-alcohol motifs (C(OH)–C–C–N with tert-alkyl or cyclic N) is 1. The summed E-state index contributed by atoms with van der Waals surface area (Å²) in [7, 11) is -3.89. The number of nitrogens with one attached hydrogen (secondary N) is 3. The summed E-state index contributed by atoms with van der Waals surface area (Å²) in [6.45, 7) is 8.99. The fraction of sp³-hybridized carbons (Fsp3) is 0.632. The second kappa shape index (κ2) is 15.2. The summed E-state index contributed by atoms with van der Waals surface area (Å²) < 4.78 is 29.9. The number of aliphatic hydroxyl groups excluding tert-OH is 1. The van der Waals surface area contributed by atoms with Crippen LogP contribution in [0.4, 0.5) is 0 Å². The van der Waals surface area contributed by atoms with Gasteiger partial charge in [-0.2, -0.15) is 0 Å². The fourth-order valence-electron chi connectivity index (χ4n) is 7.84. The Bertz CT molecular complexity index is 1650. The number of fused-ring (bicyclic) bond motifs is 1. The Kier molecular flexibility index (Phi) is 11.5. The molecule has 2 saturated carbocycles. The molecule has 12 nitrogen and oxygen atoms in total. The SMILES string of the molecule is CC(C)(C)NC(=O)[C@@H]1C[C@@H]2CCCC[C@@H]2CN1C[C@@H](O)C1(NC(=O)[C@@H](NC(=O)COc2cccnc2)C(C)(C)S(C)(=O)=O)CC1c1ccccc1. The number of carbonyl (C=O) groups excluding carboxylic acids is 3. The van der Waals surface area contributed by atoms with Gasteiger partial charge in [-0.25, -0.2) is 8.42 Å². The van der Waals surface area contributed by atoms with E-state index in [0.29, 0.717) is 37.0 Å². The van der Waals surface area contributed by atoms with Gasteiger partial charge in [-0.3, -0.25) is 24.3 Å². The van der Waals surface area contributed by atoms with Gasteiger partial charge in [-0.1, -0.05) is 49.6 Å². The normalized spacial score (nSPS) is 26.6. The molecule has 0 spiro atoms. The maximum absolute atomic E-state index is 14.4. The van der Waals surface area contributed by atoms with Crippen LogP contribution in [-0.4, -0.2) is 101 Å². The number of benzene rings is 1. The standard InChI is InChI=1S/C38H55N5O7S/c1-36(2,3)41-34(46)30-19-26-15-10-11-16-27(26)22-43(30)23-31(44)38(20-29(38)25-13-8-7-9-14-25)42-35(47)33(37(4,5)51(6,48)49)40-32(45)24-50-28-17-12-18-39-21-28/h7-9,12-14,17-18,21,26-27,29-31,33,44H,10-11,15-16,19-20,22-24H2,1-6H3,(H,40,45)(H,41,46)(H,42,47)/t26-,27+,29?,30-,31+,33+,38?/m0/s1. The van der Waals surface area contributed by atoms with Crippen LogP contribution in [-0.2, 0) is 24.2 Å². The topological polar surface area (TPSA) is 167 Å². The minimum Gasteiger partial charge on any atom is -0.482 e. The number of ether oxygens (including phenoxy) is 1. The largest absolute Gasteiger partial charge is 0.482 e. The van der Waals surface area contributed by atoms with Crippen LogP contribution in [0.25, 0.3) is 0 Å². The number of aliphatic hydroxyl groups is 1. The van der Waals surface area contributed by atoms with E-state index in [1.807, 2.05) is 51.1 Å². The van der Waals surface area contributed by atoms with Crippen molar-refractivity contribution in [2.75, 3.05) is 26.0 Å². The van der Waals surface area contributed by atoms with Crippen LogP contribution in [0.2, 0.25) is 0 Å². The zero-order valence-electron chi connectivity index (χ0n) is 30.7. The molecule has 4 N–H and O–H groups in total. The number of carbonyl (C=O) groups is 3. The van der Waals surface area contributed by atoms with Gasteiger partial charge in [0.2, 0.25) is 11.8 Å². The van der Waals surface area contributed by atoms with E-state index in [2.05, 4.69) is 25.8 Å². The van der Waals surface area contributed by atoms with Crippen LogP contribution in [0, 0.1) is 11.8 Å². The van der Waals surface area contributed by atoms with E-state index in [9.17, 15) is 27.9 Å². The van der Waals surface area contributed by atoms with Crippen molar-refractivity contribution in [3.05, 3.63) is 60.4 Å². The number of piperidine rings is 1. The first-order valence-corrected chi connectivity index (χ1v) is 19.9. The Labute approximate surface area is 302 Å². The van der Waals surface area contributed by atoms with Gasteiger partial charge in [-0.05, 0) is 83.4 Å². The molecule has 280 valence electrons. The van der Waals surface area contributed by atoms with Gasteiger partial charge in [0, 0.05) is 37.0 Å². The monoisotopic (exact) mass is 725 g/mol. The molecule has 3 amide bonds. The van der Waals surface area contributed by atoms with E-state index in [1.54, 1.807) is 18.3 Å². The molecule has 2 unspecified atom stereocenters. The first-order chi connectivity index (χ1) is 23.9. The lowest BCUT2D eigenvalue weighted by molar-refractivity contribution is -0.134. The first kappa shape index (κ1) is 38.7. The van der Waals surface area contributed by atoms with Crippen molar-refractivity contribution in [2.24, 2.45) is 11.8 Å². The smallest absolute Gasteiger partial charge is 0.258 e. The maximum Gasteiger partial charge on any atom is 0.258 e. The molecule has 2 aromatic rings. The van der Waals surface area contributed by atoms with Crippen LogP contribution in [0.15, 0.2) is 54.9 Å². The number of pyridine rings is 1. The average Bonchev–Trinajstić information content (AvgIpc) is 3.80. The Hall–Kier alpha value is -3.55. The van der Waals surface area contributed by atoms with Crippen LogP contribution in [0.3, 0.4) is 0 Å². The Morgan fingerprint density at radius 1 is 1.04 bits per heavy atom. The van der Waals surface area contributed by atoms with Gasteiger partial charge in [0.1, 0.15) is 11.8 Å². The third-order valence-corrected chi connectivity index (χ3v) is 13.2. The van der Waals surface area contributed by atoms with E-state index in [0.717, 1.165) is 37.5 Å². The van der Waals surface area contributed by atoms with Crippen molar-refractivity contribution in [1.29, 1.82) is 0 Å². The number of nitrogens with zero attached hydrogens (tertiary/aromatic N) is 2. The molecule has 2 aliphatic carbocycles. The van der Waals surface area contributed by atoms with Gasteiger partial charge in [-0.15, -0.1) is 0 Å². The van der Waals surface area contributed by atoms with Crippen LogP contribution in [0.5, 0.6) is 5.75 Å². The minimum absolute atomic E-state index is 0.0709. The van der Waals surface area contributed by atoms with Crippen molar-refractivity contribution in [3.63, 3.8) is 0 Å². The van der Waals surface area contributed by atoms with Crippen molar-refractivity contribution in [2.45, 2.75) is 113 Å². The van der Waals surface area contributed by atoms with Crippen molar-refractivity contribution in [1.82, 2.24) is 25.8 Å². The molecule has 3 fully saturated rings. The summed E-state index contributed by atoms with van der Waals surface area (Å²) in [5.74, 6) is -0.567. The Balaban J connectivity index is 1.42. The molecule has 0 bridgehead atoms. The molecule has 13 heteroatoms. The molecule has 1 saturated heterocycles. The van der Waals surface area contributed by atoms with E-state index in [-0.39, 0.29) is 18.4 Å². The second-order valence-electron chi connectivity index (χ2n) is 16.3. The van der Waals surface area contributed by atoms with Gasteiger partial charge in [0.15, 0.2) is 16.4 Å². The highest BCUT2D eigenvalue weighted by Gasteiger charge is 2.62. The molecule has 0 radical (unpaired) electrons. The van der Waals surface area contributed by atoms with Gasteiger partial charge < -0.3 is 25.8 Å². The van der Waals surface area contributed by atoms with E-state index < -0.39 is 62.3 Å². The molecule has 1 aliphatic heterocycles. The molecule has 7 atom stereocenters. The predicted molar refractivity (Wildman–Crippen MR) is 195 cm³/mol. The predicted octanol–water partition coefficient (Wildman–Crippen LogP) is 2.97. The number of likely N-dealkylation sites (tertiary alicyclic amines) is 1. The number of sulfone groups is 1. The summed E-state index contributed by atoms with van der Waals surface area (Å²) >= 11 is 0. The van der Waals surface area contributed by atoms with Gasteiger partial charge in [0.05, 0.1) is 28.6 Å². The van der Waals surface area contributed by atoms with Crippen LogP contribution < -0.4 is 20.7 Å². The zero-order chi connectivity index (χ0) is 37.2. The molecule has 5 rings (SSSR count). The van der Waals surface area contributed by atoms with E-state index in [1.165, 1.54) is 20.0 Å². The lowest BCUT2D eigenvalue weighted by Gasteiger charge is -2.47. The molecular weight excluding hydrogens is 671 g/mol. The number of aromatic nitrogens is 1. The summed E-state index contributed by atoms with van der Waals surface area (Å²) in [6.07, 6.45) is 8.48. The number of hydrogen-bond donors (Lipinski definition) is 4. The molecule has 3 aliphatic rings. The van der Waals surface area contributed by atoms with Gasteiger partial charge in [0.25, 0.3) is 5.91 Å². The van der Waals surface area contributed by atoms with Crippen LogP contribution in [0.1, 0.15) is 84.6 Å². The highest BCUT2D eigenvalue weighted by molar-refractivity contribution is 7.92. The quantitative estimate of drug-likeness (QED) is 0.243.